The molecule has 7 nitrogen and oxygen atoms in total. The molecule has 0 saturated carbocycles. The SMILES string of the molecule is CCNC(=NCc1ccnc(-n2cccn2)c1)NCC(c1ccccc1)N(CC)CC.I. The molecule has 3 aromatic rings. The minimum Gasteiger partial charge on any atom is -0.357 e. The van der Waals surface area contributed by atoms with E-state index in [1.54, 1.807) is 17.1 Å². The van der Waals surface area contributed by atoms with Crippen LogP contribution in [0.3, 0.4) is 0 Å². The van der Waals surface area contributed by atoms with Crippen molar-refractivity contribution in [2.75, 3.05) is 26.2 Å². The van der Waals surface area contributed by atoms with Crippen LogP contribution in [0.25, 0.3) is 5.82 Å². The molecule has 2 heterocycles. The minimum atomic E-state index is 0. The van der Waals surface area contributed by atoms with E-state index in [0.29, 0.717) is 6.54 Å². The number of aromatic nitrogens is 3. The lowest BCUT2D eigenvalue weighted by atomic mass is 10.1. The maximum absolute atomic E-state index is 4.80. The van der Waals surface area contributed by atoms with Gasteiger partial charge in [-0.25, -0.2) is 14.7 Å². The molecule has 0 bridgehead atoms. The Kier molecular flexibility index (Phi) is 11.2. The average molecular weight is 547 g/mol. The standard InChI is InChI=1S/C24H33N7.HI/c1-4-25-24(27-18-20-13-15-26-23(17-20)31-16-10-14-29-31)28-19-22(30(5-2)6-3)21-11-8-7-9-12-21;/h7-17,22H,4-6,18-19H2,1-3H3,(H2,25,27,28);1H. The van der Waals surface area contributed by atoms with E-state index in [2.05, 4.69) is 76.7 Å². The van der Waals surface area contributed by atoms with E-state index in [1.807, 2.05) is 24.4 Å². The summed E-state index contributed by atoms with van der Waals surface area (Å²) in [6, 6.07) is 16.8. The summed E-state index contributed by atoms with van der Waals surface area (Å²) in [6.45, 7) is 10.6. The Bertz CT molecular complexity index is 925. The van der Waals surface area contributed by atoms with Gasteiger partial charge in [-0.15, -0.1) is 24.0 Å². The summed E-state index contributed by atoms with van der Waals surface area (Å²) in [6.07, 6.45) is 5.44. The van der Waals surface area contributed by atoms with Crippen LogP contribution in [0.4, 0.5) is 0 Å². The fourth-order valence-electron chi connectivity index (χ4n) is 3.59. The zero-order valence-electron chi connectivity index (χ0n) is 19.1. The van der Waals surface area contributed by atoms with Crippen LogP contribution >= 0.6 is 24.0 Å². The van der Waals surface area contributed by atoms with E-state index < -0.39 is 0 Å². The average Bonchev–Trinajstić information content (AvgIpc) is 3.36. The van der Waals surface area contributed by atoms with Crippen LogP contribution < -0.4 is 10.6 Å². The van der Waals surface area contributed by atoms with Gasteiger partial charge in [-0.1, -0.05) is 44.2 Å². The number of hydrogen-bond acceptors (Lipinski definition) is 4. The van der Waals surface area contributed by atoms with E-state index in [9.17, 15) is 0 Å². The van der Waals surface area contributed by atoms with Crippen molar-refractivity contribution in [3.05, 3.63) is 78.2 Å². The van der Waals surface area contributed by atoms with Crippen molar-refractivity contribution in [1.29, 1.82) is 0 Å². The van der Waals surface area contributed by atoms with E-state index in [0.717, 1.165) is 43.5 Å². The van der Waals surface area contributed by atoms with Crippen molar-refractivity contribution >= 4 is 29.9 Å². The molecule has 0 aliphatic rings. The Hall–Kier alpha value is -2.46. The van der Waals surface area contributed by atoms with Crippen molar-refractivity contribution in [3.63, 3.8) is 0 Å². The molecule has 1 aromatic carbocycles. The molecule has 1 unspecified atom stereocenters. The first-order valence-electron chi connectivity index (χ1n) is 11.0. The van der Waals surface area contributed by atoms with Crippen LogP contribution in [0, 0.1) is 0 Å². The van der Waals surface area contributed by atoms with Gasteiger partial charge in [-0.3, -0.25) is 4.90 Å². The molecule has 0 spiro atoms. The van der Waals surface area contributed by atoms with Crippen LogP contribution in [0.15, 0.2) is 72.1 Å². The first-order valence-corrected chi connectivity index (χ1v) is 11.0. The van der Waals surface area contributed by atoms with Crippen molar-refractivity contribution in [2.24, 2.45) is 4.99 Å². The fourth-order valence-corrected chi connectivity index (χ4v) is 3.59. The number of hydrogen-bond donors (Lipinski definition) is 2. The van der Waals surface area contributed by atoms with Gasteiger partial charge in [0.15, 0.2) is 11.8 Å². The van der Waals surface area contributed by atoms with E-state index in [1.165, 1.54) is 5.56 Å². The predicted octanol–water partition coefficient (Wildman–Crippen LogP) is 4.02. The second-order valence-electron chi connectivity index (χ2n) is 7.20. The van der Waals surface area contributed by atoms with Crippen LogP contribution in [-0.4, -0.2) is 51.8 Å². The lowest BCUT2D eigenvalue weighted by Crippen LogP contribution is -2.43. The molecular weight excluding hydrogens is 513 g/mol. The summed E-state index contributed by atoms with van der Waals surface area (Å²) < 4.78 is 1.76. The number of nitrogens with zero attached hydrogens (tertiary/aromatic N) is 5. The fraction of sp³-hybridized carbons (Fsp3) is 0.375. The highest BCUT2D eigenvalue weighted by Gasteiger charge is 2.18. The molecule has 2 N–H and O–H groups in total. The molecule has 0 amide bonds. The Morgan fingerprint density at radius 2 is 1.81 bits per heavy atom. The first-order chi connectivity index (χ1) is 15.2. The Morgan fingerprint density at radius 3 is 2.47 bits per heavy atom. The number of halogens is 1. The second-order valence-corrected chi connectivity index (χ2v) is 7.20. The van der Waals surface area contributed by atoms with Gasteiger partial charge in [-0.05, 0) is 49.3 Å². The topological polar surface area (TPSA) is 70.4 Å². The molecule has 0 aliphatic carbocycles. The zero-order valence-corrected chi connectivity index (χ0v) is 21.4. The van der Waals surface area contributed by atoms with E-state index >= 15 is 0 Å². The summed E-state index contributed by atoms with van der Waals surface area (Å²) in [5, 5.41) is 11.2. The maximum atomic E-state index is 4.80. The number of pyridine rings is 1. The number of likely N-dealkylation sites (N-methyl/N-ethyl adjacent to an activating group) is 1. The highest BCUT2D eigenvalue weighted by molar-refractivity contribution is 14.0. The van der Waals surface area contributed by atoms with E-state index in [-0.39, 0.29) is 30.0 Å². The van der Waals surface area contributed by atoms with Crippen molar-refractivity contribution in [2.45, 2.75) is 33.4 Å². The van der Waals surface area contributed by atoms with Crippen molar-refractivity contribution in [1.82, 2.24) is 30.3 Å². The molecule has 172 valence electrons. The lowest BCUT2D eigenvalue weighted by molar-refractivity contribution is 0.219. The minimum absolute atomic E-state index is 0. The molecule has 0 saturated heterocycles. The molecule has 0 radical (unpaired) electrons. The number of benzene rings is 1. The van der Waals surface area contributed by atoms with Gasteiger partial charge >= 0.3 is 0 Å². The largest absolute Gasteiger partial charge is 0.357 e. The third-order valence-electron chi connectivity index (χ3n) is 5.21. The Balaban J connectivity index is 0.00000363. The second kappa shape index (κ2) is 13.8. The number of guanidine groups is 1. The van der Waals surface area contributed by atoms with Crippen LogP contribution in [0.2, 0.25) is 0 Å². The van der Waals surface area contributed by atoms with Gasteiger partial charge in [0, 0.05) is 31.7 Å². The highest BCUT2D eigenvalue weighted by Crippen LogP contribution is 2.19. The molecule has 2 aromatic heterocycles. The molecule has 0 aliphatic heterocycles. The summed E-state index contributed by atoms with van der Waals surface area (Å²) in [7, 11) is 0. The van der Waals surface area contributed by atoms with Crippen molar-refractivity contribution in [3.8, 4) is 5.82 Å². The van der Waals surface area contributed by atoms with Gasteiger partial charge in [0.25, 0.3) is 0 Å². The van der Waals surface area contributed by atoms with E-state index in [4.69, 9.17) is 4.99 Å². The van der Waals surface area contributed by atoms with Gasteiger partial charge in [0.05, 0.1) is 12.6 Å². The number of aliphatic imine (C=N–C) groups is 1. The maximum Gasteiger partial charge on any atom is 0.191 e. The molecular formula is C24H34IN7. The lowest BCUT2D eigenvalue weighted by Gasteiger charge is -2.30. The summed E-state index contributed by atoms with van der Waals surface area (Å²) in [5.41, 5.74) is 2.40. The van der Waals surface area contributed by atoms with Crippen LogP contribution in [0.5, 0.6) is 0 Å². The summed E-state index contributed by atoms with van der Waals surface area (Å²) >= 11 is 0. The normalized spacial score (nSPS) is 12.3. The highest BCUT2D eigenvalue weighted by atomic mass is 127. The first kappa shape index (κ1) is 25.8. The van der Waals surface area contributed by atoms with Gasteiger partial charge < -0.3 is 10.6 Å². The molecule has 32 heavy (non-hydrogen) atoms. The number of nitrogens with one attached hydrogen (secondary N) is 2. The third-order valence-corrected chi connectivity index (χ3v) is 5.21. The van der Waals surface area contributed by atoms with Crippen LogP contribution in [-0.2, 0) is 6.54 Å². The monoisotopic (exact) mass is 547 g/mol. The Morgan fingerprint density at radius 1 is 1.03 bits per heavy atom. The predicted molar refractivity (Wildman–Crippen MR) is 142 cm³/mol. The smallest absolute Gasteiger partial charge is 0.191 e. The Labute approximate surface area is 208 Å². The van der Waals surface area contributed by atoms with Crippen LogP contribution in [0.1, 0.15) is 37.9 Å². The number of rotatable bonds is 10. The van der Waals surface area contributed by atoms with Gasteiger partial charge in [0.1, 0.15) is 0 Å². The quantitative estimate of drug-likeness (QED) is 0.228. The molecule has 8 heteroatoms. The van der Waals surface area contributed by atoms with Gasteiger partial charge in [-0.2, -0.15) is 5.10 Å². The molecule has 3 rings (SSSR count). The zero-order chi connectivity index (χ0) is 21.9. The third kappa shape index (κ3) is 7.30. The molecule has 0 fully saturated rings. The summed E-state index contributed by atoms with van der Waals surface area (Å²) in [5.74, 6) is 1.61. The molecule has 1 atom stereocenters. The van der Waals surface area contributed by atoms with Gasteiger partial charge in [0.2, 0.25) is 0 Å². The van der Waals surface area contributed by atoms with Crippen molar-refractivity contribution < 1.29 is 0 Å². The summed E-state index contributed by atoms with van der Waals surface area (Å²) in [4.78, 5) is 11.7.